The number of nitrogens with zero attached hydrogens (tertiary/aromatic N) is 5. The third kappa shape index (κ3) is 5.17. The molecule has 1 saturated carbocycles. The summed E-state index contributed by atoms with van der Waals surface area (Å²) in [7, 11) is 1.35. The van der Waals surface area contributed by atoms with Gasteiger partial charge < -0.3 is 10.3 Å². The summed E-state index contributed by atoms with van der Waals surface area (Å²) >= 11 is 1.21. The number of hydrogen-bond donors (Lipinski definition) is 1. The molecular weight excluding hydrogens is 464 g/mol. The lowest BCUT2D eigenvalue weighted by Crippen LogP contribution is -2.43. The molecule has 4 rings (SSSR count). The summed E-state index contributed by atoms with van der Waals surface area (Å²) in [5, 5.41) is 9.36. The number of thioether (sulfide) groups is 1. The Morgan fingerprint density at radius 1 is 1.14 bits per heavy atom. The van der Waals surface area contributed by atoms with E-state index in [1.807, 2.05) is 34.9 Å². The van der Waals surface area contributed by atoms with Crippen molar-refractivity contribution in [3.63, 3.8) is 0 Å². The van der Waals surface area contributed by atoms with Crippen LogP contribution in [0.1, 0.15) is 59.8 Å². The summed E-state index contributed by atoms with van der Waals surface area (Å²) in [4.78, 5) is 38.8. The maximum Gasteiger partial charge on any atom is 0.332 e. The fourth-order valence-corrected chi connectivity index (χ4v) is 5.36. The predicted molar refractivity (Wildman–Crippen MR) is 137 cm³/mol. The van der Waals surface area contributed by atoms with Crippen LogP contribution in [-0.4, -0.2) is 35.4 Å². The fourth-order valence-electron chi connectivity index (χ4n) is 4.54. The van der Waals surface area contributed by atoms with E-state index in [-0.39, 0.29) is 23.7 Å². The van der Waals surface area contributed by atoms with Crippen LogP contribution in [0.15, 0.2) is 57.7 Å². The van der Waals surface area contributed by atoms with Gasteiger partial charge in [-0.15, -0.1) is 16.8 Å². The Morgan fingerprint density at radius 2 is 1.86 bits per heavy atom. The lowest BCUT2D eigenvalue weighted by Gasteiger charge is -2.21. The smallest absolute Gasteiger partial charge is 0.332 e. The molecule has 10 heteroatoms. The normalized spacial score (nSPS) is 14.2. The molecule has 0 spiro atoms. The van der Waals surface area contributed by atoms with E-state index in [4.69, 9.17) is 5.73 Å². The molecule has 0 aliphatic heterocycles. The number of ketones is 1. The van der Waals surface area contributed by atoms with Crippen molar-refractivity contribution in [3.8, 4) is 0 Å². The molecular formula is C25H30N6O3S. The molecule has 0 bridgehead atoms. The summed E-state index contributed by atoms with van der Waals surface area (Å²) in [5.74, 6) is 0.644. The number of carbonyl (C=O) groups excluding carboxylic acids is 1. The van der Waals surface area contributed by atoms with E-state index in [1.54, 1.807) is 6.08 Å². The molecule has 0 unspecified atom stereocenters. The lowest BCUT2D eigenvalue weighted by atomic mass is 9.89. The minimum atomic E-state index is -0.696. The molecule has 1 fully saturated rings. The average Bonchev–Trinajstić information content (AvgIpc) is 3.28. The molecule has 1 aliphatic rings. The second kappa shape index (κ2) is 10.9. The molecule has 0 radical (unpaired) electrons. The molecule has 2 heterocycles. The largest absolute Gasteiger partial charge is 0.384 e. The molecule has 35 heavy (non-hydrogen) atoms. The zero-order valence-corrected chi connectivity index (χ0v) is 20.7. The van der Waals surface area contributed by atoms with E-state index in [1.165, 1.54) is 42.6 Å². The third-order valence-corrected chi connectivity index (χ3v) is 7.37. The molecule has 0 atom stereocenters. The van der Waals surface area contributed by atoms with Gasteiger partial charge >= 0.3 is 5.69 Å². The standard InChI is InChI=1S/C25H30N6O3S/c1-3-14-30-22(18-12-8-5-9-13-18)27-28-24(30)35-16-19(32)20-21(26)31(25(34)29(2)23(20)33)15-17-10-6-4-7-11-17/h3-4,6-7,10-11,18H,1,5,8-9,12-16,26H2,2H3. The number of rotatable bonds is 9. The first-order valence-electron chi connectivity index (χ1n) is 11.8. The second-order valence-corrected chi connectivity index (χ2v) is 9.71. The Labute approximate surface area is 207 Å². The number of Topliss-reactive ketones (excluding diaryl/α,β-unsaturated/α-hetero) is 1. The van der Waals surface area contributed by atoms with Crippen LogP contribution in [0.3, 0.4) is 0 Å². The van der Waals surface area contributed by atoms with E-state index in [2.05, 4.69) is 16.8 Å². The molecule has 0 saturated heterocycles. The van der Waals surface area contributed by atoms with Crippen LogP contribution in [0.2, 0.25) is 0 Å². The van der Waals surface area contributed by atoms with Crippen LogP contribution in [0.4, 0.5) is 5.82 Å². The summed E-state index contributed by atoms with van der Waals surface area (Å²) in [6.07, 6.45) is 7.53. The fraction of sp³-hybridized carbons (Fsp3) is 0.400. The Kier molecular flexibility index (Phi) is 7.70. The van der Waals surface area contributed by atoms with Gasteiger partial charge in [0.05, 0.1) is 12.3 Å². The van der Waals surface area contributed by atoms with Crippen LogP contribution in [0, 0.1) is 0 Å². The molecule has 2 N–H and O–H groups in total. The van der Waals surface area contributed by atoms with Crippen molar-refractivity contribution in [2.45, 2.75) is 56.3 Å². The minimum absolute atomic E-state index is 0.0527. The number of nitrogens with two attached hydrogens (primary N) is 1. The van der Waals surface area contributed by atoms with Gasteiger partial charge in [-0.3, -0.25) is 18.7 Å². The van der Waals surface area contributed by atoms with Crippen molar-refractivity contribution in [2.24, 2.45) is 7.05 Å². The molecule has 9 nitrogen and oxygen atoms in total. The van der Waals surface area contributed by atoms with Crippen LogP contribution in [0.5, 0.6) is 0 Å². The van der Waals surface area contributed by atoms with Crippen LogP contribution in [-0.2, 0) is 20.1 Å². The number of nitrogen functional groups attached to an aromatic ring is 1. The Bertz CT molecular complexity index is 1340. The molecule has 1 aliphatic carbocycles. The minimum Gasteiger partial charge on any atom is -0.384 e. The second-order valence-electron chi connectivity index (χ2n) is 8.77. The van der Waals surface area contributed by atoms with Crippen LogP contribution < -0.4 is 17.0 Å². The Hall–Kier alpha value is -3.40. The number of carbonyl (C=O) groups is 1. The highest BCUT2D eigenvalue weighted by Gasteiger charge is 2.25. The number of benzene rings is 1. The molecule has 1 aromatic carbocycles. The highest BCUT2D eigenvalue weighted by atomic mass is 32.2. The van der Waals surface area contributed by atoms with Crippen molar-refractivity contribution in [1.29, 1.82) is 0 Å². The highest BCUT2D eigenvalue weighted by Crippen LogP contribution is 2.33. The maximum absolute atomic E-state index is 13.2. The summed E-state index contributed by atoms with van der Waals surface area (Å²) in [5.41, 5.74) is 5.61. The first kappa shape index (κ1) is 24.7. The quantitative estimate of drug-likeness (QED) is 0.276. The SMILES string of the molecule is C=CCn1c(SCC(=O)c2c(N)n(Cc3ccccc3)c(=O)n(C)c2=O)nnc1C1CCCCC1. The predicted octanol–water partition coefficient (Wildman–Crippen LogP) is 2.98. The topological polar surface area (TPSA) is 118 Å². The van der Waals surface area contributed by atoms with Gasteiger partial charge in [-0.05, 0) is 18.4 Å². The van der Waals surface area contributed by atoms with Gasteiger partial charge in [-0.1, -0.05) is 67.4 Å². The molecule has 2 aromatic heterocycles. The molecule has 184 valence electrons. The van der Waals surface area contributed by atoms with Crippen LogP contribution >= 0.6 is 11.8 Å². The van der Waals surface area contributed by atoms with Gasteiger partial charge in [-0.25, -0.2) is 4.79 Å². The lowest BCUT2D eigenvalue weighted by molar-refractivity contribution is 0.102. The van der Waals surface area contributed by atoms with Gasteiger partial charge in [-0.2, -0.15) is 0 Å². The highest BCUT2D eigenvalue weighted by molar-refractivity contribution is 7.99. The van der Waals surface area contributed by atoms with Crippen LogP contribution in [0.25, 0.3) is 0 Å². The zero-order valence-electron chi connectivity index (χ0n) is 19.9. The first-order valence-corrected chi connectivity index (χ1v) is 12.7. The Morgan fingerprint density at radius 3 is 2.54 bits per heavy atom. The van der Waals surface area contributed by atoms with Gasteiger partial charge in [0, 0.05) is 19.5 Å². The summed E-state index contributed by atoms with van der Waals surface area (Å²) in [6.45, 7) is 4.55. The summed E-state index contributed by atoms with van der Waals surface area (Å²) in [6, 6.07) is 9.27. The number of hydrogen-bond acceptors (Lipinski definition) is 7. The van der Waals surface area contributed by atoms with E-state index >= 15 is 0 Å². The van der Waals surface area contributed by atoms with Crippen molar-refractivity contribution in [3.05, 3.63) is 80.8 Å². The number of allylic oxidation sites excluding steroid dienone is 1. The van der Waals surface area contributed by atoms with E-state index in [0.717, 1.165) is 28.8 Å². The van der Waals surface area contributed by atoms with Gasteiger partial charge in [0.25, 0.3) is 5.56 Å². The van der Waals surface area contributed by atoms with Gasteiger partial charge in [0.2, 0.25) is 0 Å². The monoisotopic (exact) mass is 494 g/mol. The van der Waals surface area contributed by atoms with Crippen molar-refractivity contribution in [2.75, 3.05) is 11.5 Å². The van der Waals surface area contributed by atoms with Crippen molar-refractivity contribution < 1.29 is 4.79 Å². The summed E-state index contributed by atoms with van der Waals surface area (Å²) < 4.78 is 4.19. The van der Waals surface area contributed by atoms with Gasteiger partial charge in [0.15, 0.2) is 10.9 Å². The number of anilines is 1. The average molecular weight is 495 g/mol. The van der Waals surface area contributed by atoms with E-state index < -0.39 is 17.0 Å². The van der Waals surface area contributed by atoms with Crippen molar-refractivity contribution >= 4 is 23.4 Å². The Balaban J connectivity index is 1.60. The van der Waals surface area contributed by atoms with E-state index in [0.29, 0.717) is 17.6 Å². The third-order valence-electron chi connectivity index (χ3n) is 6.41. The molecule has 0 amide bonds. The number of aromatic nitrogens is 5. The van der Waals surface area contributed by atoms with Gasteiger partial charge in [0.1, 0.15) is 17.2 Å². The maximum atomic E-state index is 13.2. The van der Waals surface area contributed by atoms with Crippen molar-refractivity contribution in [1.82, 2.24) is 23.9 Å². The first-order chi connectivity index (χ1) is 16.9. The molecule has 3 aromatic rings. The zero-order chi connectivity index (χ0) is 24.9. The van der Waals surface area contributed by atoms with E-state index in [9.17, 15) is 14.4 Å².